The van der Waals surface area contributed by atoms with Crippen molar-refractivity contribution in [1.82, 2.24) is 0 Å². The van der Waals surface area contributed by atoms with Crippen molar-refractivity contribution in [1.29, 1.82) is 0 Å². The lowest BCUT2D eigenvalue weighted by Gasteiger charge is -2.20. The van der Waals surface area contributed by atoms with E-state index >= 15 is 0 Å². The highest BCUT2D eigenvalue weighted by molar-refractivity contribution is 5.97. The van der Waals surface area contributed by atoms with Crippen molar-refractivity contribution >= 4 is 0 Å². The van der Waals surface area contributed by atoms with E-state index in [1.165, 1.54) is 89.0 Å². The zero-order valence-corrected chi connectivity index (χ0v) is 29.9. The Bertz CT molecular complexity index is 2300. The fraction of sp³-hybridized carbons (Fsp3) is 0. The van der Waals surface area contributed by atoms with Crippen LogP contribution in [0.2, 0.25) is 0 Å². The van der Waals surface area contributed by atoms with Crippen molar-refractivity contribution in [3.05, 3.63) is 231 Å². The summed E-state index contributed by atoms with van der Waals surface area (Å²) < 4.78 is 0. The predicted molar refractivity (Wildman–Crippen MR) is 230 cm³/mol. The van der Waals surface area contributed by atoms with Crippen molar-refractivity contribution < 1.29 is 0 Å². The molecule has 0 atom stereocenters. The minimum absolute atomic E-state index is 1.18. The van der Waals surface area contributed by atoms with Gasteiger partial charge in [-0.15, -0.1) is 0 Å². The zero-order chi connectivity index (χ0) is 36.1. The van der Waals surface area contributed by atoms with Crippen molar-refractivity contribution in [2.75, 3.05) is 0 Å². The number of hydrogen-bond acceptors (Lipinski definition) is 0. The van der Waals surface area contributed by atoms with Crippen molar-refractivity contribution in [2.24, 2.45) is 0 Å². The van der Waals surface area contributed by atoms with Gasteiger partial charge >= 0.3 is 0 Å². The molecular weight excluding hydrogens is 649 g/mol. The summed E-state index contributed by atoms with van der Waals surface area (Å²) in [5, 5.41) is 0. The molecule has 0 heterocycles. The Morgan fingerprint density at radius 2 is 0.315 bits per heavy atom. The standard InChI is InChI=1S/C54H38/c1-5-17-39(18-6-1)43-25-13-29-47(33-43)51-37-53(49-31-15-27-45(35-49)41-21-9-3-10-22-41)54(50-32-16-28-46(36-50)42-23-11-4-12-24-42)38-52(51)48-30-14-26-44(34-48)40-19-7-2-8-20-40/h1-38H. The summed E-state index contributed by atoms with van der Waals surface area (Å²) in [6.45, 7) is 0. The maximum absolute atomic E-state index is 2.43. The Morgan fingerprint density at radius 3 is 0.537 bits per heavy atom. The first-order valence-corrected chi connectivity index (χ1v) is 18.6. The lowest BCUT2D eigenvalue weighted by atomic mass is 9.84. The van der Waals surface area contributed by atoms with Gasteiger partial charge in [0.25, 0.3) is 0 Å². The molecule has 9 aromatic carbocycles. The summed E-state index contributed by atoms with van der Waals surface area (Å²) in [5.74, 6) is 0. The molecule has 0 fully saturated rings. The monoisotopic (exact) mass is 686 g/mol. The van der Waals surface area contributed by atoms with Crippen LogP contribution >= 0.6 is 0 Å². The maximum atomic E-state index is 2.43. The lowest BCUT2D eigenvalue weighted by molar-refractivity contribution is 1.53. The topological polar surface area (TPSA) is 0 Å². The molecule has 0 amide bonds. The molecule has 254 valence electrons. The van der Waals surface area contributed by atoms with Crippen molar-refractivity contribution in [2.45, 2.75) is 0 Å². The number of hydrogen-bond donors (Lipinski definition) is 0. The molecule has 0 bridgehead atoms. The van der Waals surface area contributed by atoms with E-state index in [1.54, 1.807) is 0 Å². The third-order valence-electron chi connectivity index (χ3n) is 10.3. The van der Waals surface area contributed by atoms with E-state index in [0.717, 1.165) is 0 Å². The second kappa shape index (κ2) is 14.9. The molecule has 0 radical (unpaired) electrons. The first-order chi connectivity index (χ1) is 26.8. The largest absolute Gasteiger partial charge is 0.0622 e. The molecule has 54 heavy (non-hydrogen) atoms. The summed E-state index contributed by atoms with van der Waals surface area (Å²) >= 11 is 0. The van der Waals surface area contributed by atoms with Gasteiger partial charge in [-0.1, -0.05) is 194 Å². The smallest absolute Gasteiger partial charge is 0.00986 e. The molecule has 9 aromatic rings. The van der Waals surface area contributed by atoms with Crippen LogP contribution in [0.5, 0.6) is 0 Å². The van der Waals surface area contributed by atoms with E-state index in [1.807, 2.05) is 0 Å². The van der Waals surface area contributed by atoms with Crippen LogP contribution in [0.4, 0.5) is 0 Å². The Kier molecular flexibility index (Phi) is 9.07. The van der Waals surface area contributed by atoms with Crippen LogP contribution < -0.4 is 0 Å². The third-order valence-corrected chi connectivity index (χ3v) is 10.3. The Morgan fingerprint density at radius 1 is 0.130 bits per heavy atom. The average molecular weight is 687 g/mol. The molecule has 0 N–H and O–H groups in total. The van der Waals surface area contributed by atoms with Gasteiger partial charge in [0.2, 0.25) is 0 Å². The minimum Gasteiger partial charge on any atom is -0.0622 e. The van der Waals surface area contributed by atoms with Gasteiger partial charge in [0.15, 0.2) is 0 Å². The second-order valence-corrected chi connectivity index (χ2v) is 13.7. The van der Waals surface area contributed by atoms with Crippen LogP contribution in [0, 0.1) is 0 Å². The van der Waals surface area contributed by atoms with Gasteiger partial charge in [0, 0.05) is 0 Å². The summed E-state index contributed by atoms with van der Waals surface area (Å²) in [6.07, 6.45) is 0. The molecule has 0 saturated carbocycles. The lowest BCUT2D eigenvalue weighted by Crippen LogP contribution is -1.94. The molecule has 0 heteroatoms. The van der Waals surface area contributed by atoms with Gasteiger partial charge in [-0.05, 0) is 125 Å². The fourth-order valence-electron chi connectivity index (χ4n) is 7.54. The summed E-state index contributed by atoms with van der Waals surface area (Å²) in [7, 11) is 0. The van der Waals surface area contributed by atoms with Gasteiger partial charge in [0.1, 0.15) is 0 Å². The second-order valence-electron chi connectivity index (χ2n) is 13.7. The SMILES string of the molecule is c1ccc(-c2cccc(-c3cc(-c4cccc(-c5ccccc5)c4)c(-c4cccc(-c5ccccc5)c4)cc3-c3cccc(-c4ccccc4)c3)c2)cc1. The van der Waals surface area contributed by atoms with Gasteiger partial charge in [-0.25, -0.2) is 0 Å². The Labute approximate surface area is 318 Å². The van der Waals surface area contributed by atoms with E-state index < -0.39 is 0 Å². The number of benzene rings is 9. The zero-order valence-electron chi connectivity index (χ0n) is 29.9. The average Bonchev–Trinajstić information content (AvgIpc) is 3.27. The molecule has 0 aliphatic rings. The first-order valence-electron chi connectivity index (χ1n) is 18.6. The third kappa shape index (κ3) is 6.82. The molecular formula is C54H38. The van der Waals surface area contributed by atoms with Crippen LogP contribution in [0.1, 0.15) is 0 Å². The molecule has 0 saturated heterocycles. The van der Waals surface area contributed by atoms with E-state index in [9.17, 15) is 0 Å². The highest BCUT2D eigenvalue weighted by Crippen LogP contribution is 2.44. The summed E-state index contributed by atoms with van der Waals surface area (Å²) in [4.78, 5) is 0. The molecule has 0 aliphatic heterocycles. The molecule has 0 nitrogen and oxygen atoms in total. The van der Waals surface area contributed by atoms with Crippen LogP contribution in [0.3, 0.4) is 0 Å². The van der Waals surface area contributed by atoms with Crippen LogP contribution in [0.25, 0.3) is 89.0 Å². The van der Waals surface area contributed by atoms with E-state index in [2.05, 4.69) is 231 Å². The van der Waals surface area contributed by atoms with Gasteiger partial charge in [-0.3, -0.25) is 0 Å². The van der Waals surface area contributed by atoms with Gasteiger partial charge in [-0.2, -0.15) is 0 Å². The molecule has 0 aromatic heterocycles. The minimum atomic E-state index is 1.18. The van der Waals surface area contributed by atoms with E-state index in [0.29, 0.717) is 0 Å². The van der Waals surface area contributed by atoms with Gasteiger partial charge < -0.3 is 0 Å². The van der Waals surface area contributed by atoms with E-state index in [4.69, 9.17) is 0 Å². The molecule has 0 unspecified atom stereocenters. The van der Waals surface area contributed by atoms with Crippen LogP contribution in [0.15, 0.2) is 231 Å². The predicted octanol–water partition coefficient (Wildman–Crippen LogP) is 15.0. The van der Waals surface area contributed by atoms with Crippen LogP contribution in [-0.2, 0) is 0 Å². The van der Waals surface area contributed by atoms with Gasteiger partial charge in [0.05, 0.1) is 0 Å². The highest BCUT2D eigenvalue weighted by atomic mass is 14.2. The van der Waals surface area contributed by atoms with Crippen molar-refractivity contribution in [3.8, 4) is 89.0 Å². The fourth-order valence-corrected chi connectivity index (χ4v) is 7.54. The first kappa shape index (κ1) is 32.9. The molecule has 0 aliphatic carbocycles. The van der Waals surface area contributed by atoms with Crippen LogP contribution in [-0.4, -0.2) is 0 Å². The Hall–Kier alpha value is -7.02. The highest BCUT2D eigenvalue weighted by Gasteiger charge is 2.18. The van der Waals surface area contributed by atoms with Crippen molar-refractivity contribution in [3.63, 3.8) is 0 Å². The normalized spacial score (nSPS) is 11.0. The maximum Gasteiger partial charge on any atom is -0.00986 e. The molecule has 9 rings (SSSR count). The quantitative estimate of drug-likeness (QED) is 0.149. The molecule has 0 spiro atoms. The van der Waals surface area contributed by atoms with E-state index in [-0.39, 0.29) is 0 Å². The Balaban J connectivity index is 1.32. The summed E-state index contributed by atoms with van der Waals surface area (Å²) in [5.41, 5.74) is 19.1. The number of rotatable bonds is 8. The summed E-state index contributed by atoms with van der Waals surface area (Å²) in [6, 6.07) is 83.5.